The van der Waals surface area contributed by atoms with Gasteiger partial charge in [0.2, 0.25) is 0 Å². The molecule has 0 radical (unpaired) electrons. The molecule has 3 rings (SSSR count). The zero-order valence-corrected chi connectivity index (χ0v) is 17.7. The van der Waals surface area contributed by atoms with E-state index in [1.165, 1.54) is 0 Å². The second-order valence-electron chi connectivity index (χ2n) is 5.22. The van der Waals surface area contributed by atoms with Crippen LogP contribution in [-0.4, -0.2) is 30.8 Å². The third-order valence-corrected chi connectivity index (χ3v) is 5.44. The average Bonchev–Trinajstić information content (AvgIpc) is 3.14. The minimum absolute atomic E-state index is 0.0450. The van der Waals surface area contributed by atoms with Gasteiger partial charge in [0, 0.05) is 6.20 Å². The van der Waals surface area contributed by atoms with E-state index in [0.29, 0.717) is 21.1 Å². The van der Waals surface area contributed by atoms with Gasteiger partial charge >= 0.3 is 5.82 Å². The van der Waals surface area contributed by atoms with Crippen LogP contribution in [0.15, 0.2) is 33.3 Å². The van der Waals surface area contributed by atoms with Crippen molar-refractivity contribution in [3.05, 3.63) is 64.8 Å². The number of anilines is 1. The van der Waals surface area contributed by atoms with Gasteiger partial charge in [-0.15, -0.1) is 5.10 Å². The first-order chi connectivity index (χ1) is 12.8. The van der Waals surface area contributed by atoms with Crippen molar-refractivity contribution in [1.29, 1.82) is 0 Å². The number of nitrogens with one attached hydrogen (secondary N) is 2. The topological polar surface area (TPSA) is 119 Å². The molecule has 27 heavy (non-hydrogen) atoms. The van der Waals surface area contributed by atoms with E-state index >= 15 is 0 Å². The maximum Gasteiger partial charge on any atom is 0.357 e. The summed E-state index contributed by atoms with van der Waals surface area (Å²) in [6.07, 6.45) is 1.67. The molecule has 0 bridgehead atoms. The van der Waals surface area contributed by atoms with Crippen LogP contribution in [0.4, 0.5) is 11.6 Å². The highest BCUT2D eigenvalue weighted by Gasteiger charge is 2.25. The number of rotatable bonds is 5. The van der Waals surface area contributed by atoms with E-state index in [9.17, 15) is 14.9 Å². The summed E-state index contributed by atoms with van der Waals surface area (Å²) in [6.45, 7) is 0.392. The summed E-state index contributed by atoms with van der Waals surface area (Å²) in [5, 5.41) is 24.4. The van der Waals surface area contributed by atoms with Crippen molar-refractivity contribution in [3.8, 4) is 0 Å². The number of benzene rings is 1. The summed E-state index contributed by atoms with van der Waals surface area (Å²) < 4.78 is 2.06. The highest BCUT2D eigenvalue weighted by atomic mass is 79.9. The lowest BCUT2D eigenvalue weighted by Crippen LogP contribution is -2.14. The van der Waals surface area contributed by atoms with Crippen LogP contribution in [0.2, 0.25) is 10.0 Å². The normalized spacial score (nSPS) is 10.8. The zero-order valence-electron chi connectivity index (χ0n) is 13.0. The fourth-order valence-electron chi connectivity index (χ4n) is 2.15. The predicted molar refractivity (Wildman–Crippen MR) is 106 cm³/mol. The molecule has 0 saturated carbocycles. The maximum atomic E-state index is 12.3. The molecule has 0 fully saturated rings. The van der Waals surface area contributed by atoms with Crippen molar-refractivity contribution >= 4 is 72.6 Å². The van der Waals surface area contributed by atoms with Crippen LogP contribution in [0.25, 0.3) is 0 Å². The van der Waals surface area contributed by atoms with Gasteiger partial charge in [0.25, 0.3) is 5.91 Å². The first kappa shape index (κ1) is 19.8. The molecule has 1 aromatic carbocycles. The number of aromatic amines is 1. The van der Waals surface area contributed by atoms with E-state index < -0.39 is 16.6 Å². The van der Waals surface area contributed by atoms with Gasteiger partial charge in [-0.1, -0.05) is 34.4 Å². The van der Waals surface area contributed by atoms with Gasteiger partial charge in [-0.25, -0.2) is 0 Å². The number of halogens is 4. The number of carbonyl (C=O) groups excluding carboxylic acids is 1. The molecule has 0 atom stereocenters. The third kappa shape index (κ3) is 4.32. The molecule has 0 aliphatic heterocycles. The molecule has 0 unspecified atom stereocenters. The third-order valence-electron chi connectivity index (χ3n) is 3.36. The molecular formula is C14H8Br2Cl2N6O3. The molecule has 9 nitrogen and oxygen atoms in total. The van der Waals surface area contributed by atoms with Gasteiger partial charge < -0.3 is 15.4 Å². The Labute approximate surface area is 178 Å². The minimum Gasteiger partial charge on any atom is -0.358 e. The van der Waals surface area contributed by atoms with Crippen LogP contribution in [0.3, 0.4) is 0 Å². The first-order valence-corrected chi connectivity index (χ1v) is 9.47. The Morgan fingerprint density at radius 3 is 2.70 bits per heavy atom. The molecule has 2 N–H and O–H groups in total. The van der Waals surface area contributed by atoms with Crippen LogP contribution in [0.5, 0.6) is 0 Å². The summed E-state index contributed by atoms with van der Waals surface area (Å²) in [7, 11) is 0. The van der Waals surface area contributed by atoms with E-state index in [1.54, 1.807) is 23.0 Å². The number of carbonyl (C=O) groups is 1. The second-order valence-corrected chi connectivity index (χ2v) is 7.68. The first-order valence-electron chi connectivity index (χ1n) is 7.12. The second kappa shape index (κ2) is 7.97. The summed E-state index contributed by atoms with van der Waals surface area (Å²) in [5.41, 5.74) is 0.704. The van der Waals surface area contributed by atoms with Crippen molar-refractivity contribution in [2.24, 2.45) is 0 Å². The predicted octanol–water partition coefficient (Wildman–Crippen LogP) is 4.65. The Morgan fingerprint density at radius 1 is 1.33 bits per heavy atom. The molecule has 140 valence electrons. The van der Waals surface area contributed by atoms with E-state index in [-0.39, 0.29) is 16.0 Å². The average molecular weight is 539 g/mol. The van der Waals surface area contributed by atoms with Crippen LogP contribution in [-0.2, 0) is 6.54 Å². The molecule has 0 aliphatic carbocycles. The van der Waals surface area contributed by atoms with Crippen molar-refractivity contribution in [1.82, 2.24) is 20.0 Å². The number of hydrogen-bond donors (Lipinski definition) is 2. The smallest absolute Gasteiger partial charge is 0.357 e. The molecule has 0 spiro atoms. The zero-order chi connectivity index (χ0) is 19.7. The summed E-state index contributed by atoms with van der Waals surface area (Å²) in [5.74, 6) is -0.839. The van der Waals surface area contributed by atoms with E-state index in [4.69, 9.17) is 23.2 Å². The summed E-state index contributed by atoms with van der Waals surface area (Å²) >= 11 is 18.2. The van der Waals surface area contributed by atoms with Gasteiger partial charge in [0.05, 0.1) is 21.1 Å². The fourth-order valence-corrected chi connectivity index (χ4v) is 3.38. The number of H-pyrrole nitrogens is 1. The van der Waals surface area contributed by atoms with Gasteiger partial charge in [-0.2, -0.15) is 5.10 Å². The van der Waals surface area contributed by atoms with Crippen molar-refractivity contribution in [2.75, 3.05) is 5.32 Å². The Morgan fingerprint density at radius 2 is 2.07 bits per heavy atom. The lowest BCUT2D eigenvalue weighted by molar-refractivity contribution is -0.390. The largest absolute Gasteiger partial charge is 0.358 e. The number of aromatic nitrogens is 4. The fraction of sp³-hybridized carbons (Fsp3) is 0.0714. The van der Waals surface area contributed by atoms with Crippen LogP contribution < -0.4 is 5.32 Å². The quantitative estimate of drug-likeness (QED) is 0.362. The monoisotopic (exact) mass is 536 g/mol. The van der Waals surface area contributed by atoms with Crippen molar-refractivity contribution < 1.29 is 9.72 Å². The molecule has 13 heteroatoms. The lowest BCUT2D eigenvalue weighted by Gasteiger charge is -2.04. The van der Waals surface area contributed by atoms with Gasteiger partial charge in [0.15, 0.2) is 11.5 Å². The van der Waals surface area contributed by atoms with Crippen LogP contribution in [0.1, 0.15) is 16.1 Å². The summed E-state index contributed by atoms with van der Waals surface area (Å²) in [4.78, 5) is 22.5. The Bertz CT molecular complexity index is 1050. The minimum atomic E-state index is -0.685. The summed E-state index contributed by atoms with van der Waals surface area (Å²) in [6, 6.07) is 5.21. The van der Waals surface area contributed by atoms with E-state index in [2.05, 4.69) is 52.5 Å². The van der Waals surface area contributed by atoms with Crippen LogP contribution >= 0.6 is 55.1 Å². The number of amides is 1. The van der Waals surface area contributed by atoms with E-state index in [0.717, 1.165) is 5.56 Å². The molecule has 0 aliphatic rings. The number of hydrogen-bond acceptors (Lipinski definition) is 5. The molecule has 1 amide bonds. The Hall–Kier alpha value is -1.95. The van der Waals surface area contributed by atoms with Gasteiger partial charge in [-0.05, 0) is 54.5 Å². The number of nitro groups is 1. The molecule has 0 saturated heterocycles. The van der Waals surface area contributed by atoms with E-state index in [1.807, 2.05) is 6.07 Å². The maximum absolute atomic E-state index is 12.3. The molecule has 3 aromatic rings. The van der Waals surface area contributed by atoms with Crippen molar-refractivity contribution in [2.45, 2.75) is 6.54 Å². The van der Waals surface area contributed by atoms with Crippen LogP contribution in [0, 0.1) is 10.1 Å². The highest BCUT2D eigenvalue weighted by molar-refractivity contribution is 9.11. The highest BCUT2D eigenvalue weighted by Crippen LogP contribution is 2.28. The van der Waals surface area contributed by atoms with Crippen molar-refractivity contribution in [3.63, 3.8) is 0 Å². The lowest BCUT2D eigenvalue weighted by atomic mass is 10.2. The Balaban J connectivity index is 1.77. The Kier molecular flexibility index (Phi) is 5.84. The van der Waals surface area contributed by atoms with Gasteiger partial charge in [-0.3, -0.25) is 9.48 Å². The molecule has 2 aromatic heterocycles. The molecule has 2 heterocycles. The molecular weight excluding hydrogens is 531 g/mol. The SMILES string of the molecule is O=C(Nc1nn(Cc2ccc(Cl)c(Cl)c2)cc1Br)c1n[nH]c([N+](=O)[O-])c1Br. The standard InChI is InChI=1S/C14H8Br2Cl2N6O3/c15-7-5-23(4-6-1-2-8(17)9(18)3-6)22-12(7)19-14(25)11-10(16)13(21-20-11)24(26)27/h1-3,5H,4H2,(H,20,21)(H,19,22,25). The van der Waals surface area contributed by atoms with Gasteiger partial charge in [0.1, 0.15) is 4.47 Å². The number of nitrogens with zero attached hydrogens (tertiary/aromatic N) is 4.